The highest BCUT2D eigenvalue weighted by atomic mass is 14.9. The van der Waals surface area contributed by atoms with Gasteiger partial charge in [-0.15, -0.1) is 0 Å². The molecule has 112 valence electrons. The van der Waals surface area contributed by atoms with Crippen LogP contribution in [0.1, 0.15) is 71.4 Å². The van der Waals surface area contributed by atoms with Crippen LogP contribution in [0.25, 0.3) is 0 Å². The zero-order valence-electron chi connectivity index (χ0n) is 13.7. The Labute approximate surface area is 125 Å². The van der Waals surface area contributed by atoms with Gasteiger partial charge in [0.05, 0.1) is 0 Å². The highest BCUT2D eigenvalue weighted by Gasteiger charge is 2.31. The quantitative estimate of drug-likeness (QED) is 0.764. The maximum atomic E-state index is 3.83. The van der Waals surface area contributed by atoms with Crippen molar-refractivity contribution in [3.8, 4) is 0 Å². The molecule has 1 fully saturated rings. The van der Waals surface area contributed by atoms with Gasteiger partial charge in [-0.05, 0) is 49.5 Å². The Morgan fingerprint density at radius 3 is 2.25 bits per heavy atom. The Hall–Kier alpha value is -0.820. The van der Waals surface area contributed by atoms with Gasteiger partial charge in [0.1, 0.15) is 0 Å². The van der Waals surface area contributed by atoms with E-state index in [1.165, 1.54) is 37.7 Å². The van der Waals surface area contributed by atoms with E-state index in [-0.39, 0.29) is 0 Å². The van der Waals surface area contributed by atoms with Gasteiger partial charge >= 0.3 is 0 Å². The van der Waals surface area contributed by atoms with Crippen LogP contribution >= 0.6 is 0 Å². The molecule has 0 heterocycles. The van der Waals surface area contributed by atoms with E-state index in [0.29, 0.717) is 17.5 Å². The van der Waals surface area contributed by atoms with Crippen molar-refractivity contribution in [3.63, 3.8) is 0 Å². The van der Waals surface area contributed by atoms with Crippen LogP contribution in [0.2, 0.25) is 0 Å². The van der Waals surface area contributed by atoms with Gasteiger partial charge in [0.15, 0.2) is 0 Å². The summed E-state index contributed by atoms with van der Waals surface area (Å²) < 4.78 is 0. The van der Waals surface area contributed by atoms with Crippen molar-refractivity contribution in [2.45, 2.75) is 71.9 Å². The molecule has 1 atom stereocenters. The summed E-state index contributed by atoms with van der Waals surface area (Å²) >= 11 is 0. The number of hydrogen-bond acceptors (Lipinski definition) is 1. The van der Waals surface area contributed by atoms with Crippen LogP contribution in [-0.2, 0) is 0 Å². The molecule has 1 aromatic rings. The van der Waals surface area contributed by atoms with Gasteiger partial charge in [0.2, 0.25) is 0 Å². The van der Waals surface area contributed by atoms with Crippen molar-refractivity contribution in [1.82, 2.24) is 5.32 Å². The van der Waals surface area contributed by atoms with Crippen molar-refractivity contribution in [2.75, 3.05) is 0 Å². The van der Waals surface area contributed by atoms with E-state index < -0.39 is 0 Å². The van der Waals surface area contributed by atoms with Crippen LogP contribution in [-0.4, -0.2) is 6.04 Å². The topological polar surface area (TPSA) is 12.0 Å². The van der Waals surface area contributed by atoms with E-state index in [1.54, 1.807) is 0 Å². The summed E-state index contributed by atoms with van der Waals surface area (Å²) in [4.78, 5) is 0. The number of benzene rings is 1. The molecule has 2 rings (SSSR count). The molecule has 0 bridgehead atoms. The van der Waals surface area contributed by atoms with E-state index in [2.05, 4.69) is 63.3 Å². The van der Waals surface area contributed by atoms with E-state index >= 15 is 0 Å². The molecule has 0 aliphatic heterocycles. The van der Waals surface area contributed by atoms with E-state index in [4.69, 9.17) is 0 Å². The normalized spacial score (nSPS) is 25.4. The molecule has 0 radical (unpaired) electrons. The summed E-state index contributed by atoms with van der Waals surface area (Å²) in [6.07, 6.45) is 6.76. The summed E-state index contributed by atoms with van der Waals surface area (Å²) in [6, 6.07) is 12.0. The fraction of sp³-hybridized carbons (Fsp3) is 0.684. The van der Waals surface area contributed by atoms with Crippen LogP contribution in [0, 0.1) is 11.3 Å². The number of hydrogen-bond donors (Lipinski definition) is 1. The first kappa shape index (κ1) is 15.6. The van der Waals surface area contributed by atoms with Gasteiger partial charge in [0.25, 0.3) is 0 Å². The highest BCUT2D eigenvalue weighted by molar-refractivity contribution is 5.18. The lowest BCUT2D eigenvalue weighted by atomic mass is 9.69. The fourth-order valence-electron chi connectivity index (χ4n) is 3.52. The van der Waals surface area contributed by atoms with Gasteiger partial charge in [0, 0.05) is 12.1 Å². The Bertz CT molecular complexity index is 387. The molecular formula is C19H31N. The minimum Gasteiger partial charge on any atom is -0.307 e. The second-order valence-electron chi connectivity index (χ2n) is 7.19. The predicted octanol–water partition coefficient (Wildman–Crippen LogP) is 5.33. The molecule has 1 aliphatic rings. The molecule has 1 aromatic carbocycles. The summed E-state index contributed by atoms with van der Waals surface area (Å²) in [7, 11) is 0. The number of nitrogens with one attached hydrogen (secondary N) is 1. The van der Waals surface area contributed by atoms with Crippen molar-refractivity contribution in [2.24, 2.45) is 11.3 Å². The van der Waals surface area contributed by atoms with Crippen molar-refractivity contribution in [1.29, 1.82) is 0 Å². The second-order valence-corrected chi connectivity index (χ2v) is 7.19. The lowest BCUT2D eigenvalue weighted by Crippen LogP contribution is -2.38. The van der Waals surface area contributed by atoms with Crippen LogP contribution in [0.3, 0.4) is 0 Å². The predicted molar refractivity (Wildman–Crippen MR) is 87.8 cm³/mol. The third kappa shape index (κ3) is 3.85. The fourth-order valence-corrected chi connectivity index (χ4v) is 3.52. The summed E-state index contributed by atoms with van der Waals surface area (Å²) in [6.45, 7) is 9.51. The first-order valence-electron chi connectivity index (χ1n) is 8.34. The lowest BCUT2D eigenvalue weighted by molar-refractivity contribution is 0.134. The van der Waals surface area contributed by atoms with Crippen molar-refractivity contribution in [3.05, 3.63) is 35.9 Å². The Kier molecular flexibility index (Phi) is 5.26. The summed E-state index contributed by atoms with van der Waals surface area (Å²) in [5.41, 5.74) is 1.93. The highest BCUT2D eigenvalue weighted by Crippen LogP contribution is 2.40. The smallest absolute Gasteiger partial charge is 0.0294 e. The van der Waals surface area contributed by atoms with Crippen LogP contribution in [0.5, 0.6) is 0 Å². The monoisotopic (exact) mass is 273 g/mol. The first-order chi connectivity index (χ1) is 9.53. The van der Waals surface area contributed by atoms with Crippen molar-refractivity contribution >= 4 is 0 Å². The third-order valence-corrected chi connectivity index (χ3v) is 5.53. The molecule has 1 saturated carbocycles. The summed E-state index contributed by atoms with van der Waals surface area (Å²) in [5, 5.41) is 3.83. The average Bonchev–Trinajstić information content (AvgIpc) is 2.48. The zero-order chi connectivity index (χ0) is 14.6. The molecular weight excluding hydrogens is 242 g/mol. The van der Waals surface area contributed by atoms with Crippen LogP contribution in [0.4, 0.5) is 0 Å². The van der Waals surface area contributed by atoms with Gasteiger partial charge in [-0.25, -0.2) is 0 Å². The van der Waals surface area contributed by atoms with Crippen molar-refractivity contribution < 1.29 is 0 Å². The minimum absolute atomic E-state index is 0.469. The minimum atomic E-state index is 0.469. The SMILES string of the molecule is CCC(C)(C)C1CCC(N[C@@H](C)c2ccccc2)CC1. The molecule has 0 aromatic heterocycles. The molecule has 1 aliphatic carbocycles. The maximum Gasteiger partial charge on any atom is 0.0294 e. The Balaban J connectivity index is 1.83. The Morgan fingerprint density at radius 2 is 1.70 bits per heavy atom. The van der Waals surface area contributed by atoms with Gasteiger partial charge in [-0.3, -0.25) is 0 Å². The largest absolute Gasteiger partial charge is 0.307 e. The summed E-state index contributed by atoms with van der Waals surface area (Å²) in [5.74, 6) is 0.914. The van der Waals surface area contributed by atoms with Crippen LogP contribution < -0.4 is 5.32 Å². The molecule has 0 amide bonds. The zero-order valence-corrected chi connectivity index (χ0v) is 13.7. The second kappa shape index (κ2) is 6.76. The molecule has 0 unspecified atom stereocenters. The average molecular weight is 273 g/mol. The molecule has 20 heavy (non-hydrogen) atoms. The third-order valence-electron chi connectivity index (χ3n) is 5.53. The van der Waals surface area contributed by atoms with Crippen LogP contribution in [0.15, 0.2) is 30.3 Å². The molecule has 1 N–H and O–H groups in total. The van der Waals surface area contributed by atoms with Gasteiger partial charge in [-0.1, -0.05) is 57.5 Å². The molecule has 1 heteroatoms. The maximum absolute atomic E-state index is 3.83. The van der Waals surface area contributed by atoms with E-state index in [1.807, 2.05) is 0 Å². The van der Waals surface area contributed by atoms with Gasteiger partial charge < -0.3 is 5.32 Å². The lowest BCUT2D eigenvalue weighted by Gasteiger charge is -2.39. The van der Waals surface area contributed by atoms with Gasteiger partial charge in [-0.2, -0.15) is 0 Å². The molecule has 0 spiro atoms. The first-order valence-corrected chi connectivity index (χ1v) is 8.34. The molecule has 0 saturated heterocycles. The Morgan fingerprint density at radius 1 is 1.10 bits per heavy atom. The van der Waals surface area contributed by atoms with E-state index in [0.717, 1.165) is 5.92 Å². The van der Waals surface area contributed by atoms with E-state index in [9.17, 15) is 0 Å². The standard InChI is InChI=1S/C19H31N/c1-5-19(3,4)17-11-13-18(14-12-17)20-15(2)16-9-7-6-8-10-16/h6-10,15,17-18,20H,5,11-14H2,1-4H3/t15-,17?,18?/m0/s1. The molecule has 1 nitrogen and oxygen atoms in total. The number of rotatable bonds is 5.